The molecule has 4 nitrogen and oxygen atoms in total. The van der Waals surface area contributed by atoms with Gasteiger partial charge in [-0.3, -0.25) is 0 Å². The van der Waals surface area contributed by atoms with Crippen molar-refractivity contribution in [3.63, 3.8) is 0 Å². The number of para-hydroxylation sites is 1. The highest BCUT2D eigenvalue weighted by Gasteiger charge is 2.36. The Morgan fingerprint density at radius 1 is 0.882 bits per heavy atom. The quantitative estimate of drug-likeness (QED) is 0.177. The largest absolute Gasteiger partial charge is 0.573 e. The van der Waals surface area contributed by atoms with E-state index in [1.54, 1.807) is 30.3 Å². The van der Waals surface area contributed by atoms with Gasteiger partial charge in [0.15, 0.2) is 6.86 Å². The maximum absolute atomic E-state index is 12.8. The van der Waals surface area contributed by atoms with Gasteiger partial charge < -0.3 is 14.2 Å². The lowest BCUT2D eigenvalue weighted by atomic mass is 10.0. The Labute approximate surface area is 191 Å². The zero-order valence-corrected chi connectivity index (χ0v) is 17.8. The fourth-order valence-electron chi connectivity index (χ4n) is 3.09. The van der Waals surface area contributed by atoms with Crippen LogP contribution < -0.4 is 9.47 Å². The highest BCUT2D eigenvalue weighted by molar-refractivity contribution is 5.35. The SMILES string of the molecule is FCO[C@H](CCCN(CF)C(F)(F)F)Oc1ccccc1CCc1cccc(OC(F)(F)F)c1. The van der Waals surface area contributed by atoms with Gasteiger partial charge in [-0.1, -0.05) is 30.3 Å². The van der Waals surface area contributed by atoms with E-state index >= 15 is 0 Å². The Morgan fingerprint density at radius 2 is 1.62 bits per heavy atom. The van der Waals surface area contributed by atoms with Crippen molar-refractivity contribution in [3.8, 4) is 11.5 Å². The number of hydrogen-bond donors (Lipinski definition) is 0. The maximum atomic E-state index is 12.8. The zero-order chi connectivity index (χ0) is 25.2. The molecular weight excluding hydrogens is 478 g/mol. The van der Waals surface area contributed by atoms with E-state index in [1.165, 1.54) is 18.2 Å². The third-order valence-corrected chi connectivity index (χ3v) is 4.67. The summed E-state index contributed by atoms with van der Waals surface area (Å²) in [5.41, 5.74) is 1.18. The Balaban J connectivity index is 2.00. The molecule has 0 saturated carbocycles. The molecule has 2 aromatic rings. The molecule has 0 bridgehead atoms. The van der Waals surface area contributed by atoms with Crippen LogP contribution in [-0.4, -0.2) is 44.1 Å². The summed E-state index contributed by atoms with van der Waals surface area (Å²) in [5, 5.41) is 0. The van der Waals surface area contributed by atoms with Crippen LogP contribution in [0.5, 0.6) is 11.5 Å². The van der Waals surface area contributed by atoms with E-state index in [2.05, 4.69) is 4.74 Å². The average Bonchev–Trinajstić information content (AvgIpc) is 2.74. The minimum Gasteiger partial charge on any atom is -0.465 e. The number of aryl methyl sites for hydroxylation is 2. The molecule has 34 heavy (non-hydrogen) atoms. The lowest BCUT2D eigenvalue weighted by molar-refractivity contribution is -0.274. The first-order chi connectivity index (χ1) is 16.0. The van der Waals surface area contributed by atoms with Crippen LogP contribution >= 0.6 is 0 Å². The summed E-state index contributed by atoms with van der Waals surface area (Å²) in [7, 11) is 0. The van der Waals surface area contributed by atoms with Crippen molar-refractivity contribution in [1.82, 2.24) is 4.90 Å². The molecule has 0 spiro atoms. The molecule has 190 valence electrons. The summed E-state index contributed by atoms with van der Waals surface area (Å²) in [6.07, 6.45) is -10.5. The van der Waals surface area contributed by atoms with Crippen LogP contribution in [-0.2, 0) is 17.6 Å². The van der Waals surface area contributed by atoms with E-state index in [9.17, 15) is 35.1 Å². The molecule has 0 amide bonds. The van der Waals surface area contributed by atoms with Gasteiger partial charge in [-0.15, -0.1) is 13.2 Å². The highest BCUT2D eigenvalue weighted by Crippen LogP contribution is 2.27. The molecule has 0 radical (unpaired) electrons. The van der Waals surface area contributed by atoms with Crippen LogP contribution in [0, 0.1) is 0 Å². The second-order valence-electron chi connectivity index (χ2n) is 7.12. The Morgan fingerprint density at radius 3 is 2.26 bits per heavy atom. The first-order valence-corrected chi connectivity index (χ1v) is 10.2. The van der Waals surface area contributed by atoms with Crippen LogP contribution in [0.4, 0.5) is 35.1 Å². The first-order valence-electron chi connectivity index (χ1n) is 10.2. The predicted octanol–water partition coefficient (Wildman–Crippen LogP) is 6.55. The fourth-order valence-corrected chi connectivity index (χ4v) is 3.09. The van der Waals surface area contributed by atoms with Crippen molar-refractivity contribution in [1.29, 1.82) is 0 Å². The monoisotopic (exact) mass is 501 g/mol. The van der Waals surface area contributed by atoms with Crippen molar-refractivity contribution in [3.05, 3.63) is 59.7 Å². The number of hydrogen-bond acceptors (Lipinski definition) is 4. The summed E-state index contributed by atoms with van der Waals surface area (Å²) < 4.78 is 115. The van der Waals surface area contributed by atoms with Gasteiger partial charge in [-0.2, -0.15) is 18.1 Å². The number of ether oxygens (including phenoxy) is 3. The minimum absolute atomic E-state index is 0.137. The molecule has 2 aromatic carbocycles. The molecule has 2 rings (SSSR count). The lowest BCUT2D eigenvalue weighted by Crippen LogP contribution is -2.38. The number of alkyl halides is 8. The summed E-state index contributed by atoms with van der Waals surface area (Å²) in [6.45, 7) is -3.62. The van der Waals surface area contributed by atoms with E-state index in [0.29, 0.717) is 24.0 Å². The van der Waals surface area contributed by atoms with E-state index in [1.807, 2.05) is 0 Å². The first kappa shape index (κ1) is 27.6. The Hall–Kier alpha value is -2.60. The second kappa shape index (κ2) is 12.7. The molecule has 0 heterocycles. The van der Waals surface area contributed by atoms with Crippen molar-refractivity contribution in [2.45, 2.75) is 44.6 Å². The normalized spacial score (nSPS) is 13.2. The predicted molar refractivity (Wildman–Crippen MR) is 106 cm³/mol. The summed E-state index contributed by atoms with van der Waals surface area (Å²) in [6, 6.07) is 12.0. The molecule has 0 fully saturated rings. The Kier molecular flexibility index (Phi) is 10.4. The molecule has 0 N–H and O–H groups in total. The van der Waals surface area contributed by atoms with Gasteiger partial charge in [-0.25, -0.2) is 8.78 Å². The number of halogens is 8. The average molecular weight is 501 g/mol. The van der Waals surface area contributed by atoms with Gasteiger partial charge in [0, 0.05) is 13.0 Å². The van der Waals surface area contributed by atoms with Gasteiger partial charge in [0.25, 0.3) is 0 Å². The van der Waals surface area contributed by atoms with Gasteiger partial charge in [-0.05, 0) is 48.6 Å². The molecular formula is C22H23F8NO3. The maximum Gasteiger partial charge on any atom is 0.573 e. The van der Waals surface area contributed by atoms with Gasteiger partial charge in [0.05, 0.1) is 0 Å². The number of rotatable bonds is 13. The molecule has 0 aliphatic carbocycles. The van der Waals surface area contributed by atoms with Gasteiger partial charge in [0.1, 0.15) is 18.3 Å². The van der Waals surface area contributed by atoms with Crippen molar-refractivity contribution in [2.24, 2.45) is 0 Å². The molecule has 1 atom stereocenters. The molecule has 0 unspecified atom stereocenters. The molecule has 0 aliphatic heterocycles. The summed E-state index contributed by atoms with van der Waals surface area (Å²) in [5.74, 6) is -0.0751. The van der Waals surface area contributed by atoms with Crippen LogP contribution in [0.15, 0.2) is 48.5 Å². The molecule has 0 aliphatic rings. The van der Waals surface area contributed by atoms with E-state index in [0.717, 1.165) is 0 Å². The van der Waals surface area contributed by atoms with Gasteiger partial charge in [0.2, 0.25) is 6.29 Å². The standard InChI is InChI=1S/C22H23F8NO3/c23-14-31(21(25,26)27)12-4-9-20(32-15-24)33-19-8-2-1-6-17(19)11-10-16-5-3-7-18(13-16)34-22(28,29)30/h1-3,5-8,13,20H,4,9-12,14-15H2/t20-/m0/s1. The van der Waals surface area contributed by atoms with Crippen molar-refractivity contribution < 1.29 is 49.3 Å². The molecule has 0 saturated heterocycles. The van der Waals surface area contributed by atoms with Gasteiger partial charge >= 0.3 is 12.7 Å². The number of benzene rings is 2. The van der Waals surface area contributed by atoms with Crippen LogP contribution in [0.25, 0.3) is 0 Å². The summed E-state index contributed by atoms with van der Waals surface area (Å²) >= 11 is 0. The van der Waals surface area contributed by atoms with E-state index in [-0.39, 0.29) is 29.2 Å². The second-order valence-corrected chi connectivity index (χ2v) is 7.12. The zero-order valence-electron chi connectivity index (χ0n) is 17.8. The third-order valence-electron chi connectivity index (χ3n) is 4.67. The summed E-state index contributed by atoms with van der Waals surface area (Å²) in [4.78, 5) is -0.329. The van der Waals surface area contributed by atoms with Crippen molar-refractivity contribution in [2.75, 3.05) is 20.2 Å². The molecule has 12 heteroatoms. The van der Waals surface area contributed by atoms with E-state index < -0.39 is 39.2 Å². The Bertz CT molecular complexity index is 876. The van der Waals surface area contributed by atoms with Crippen molar-refractivity contribution >= 4 is 0 Å². The van der Waals surface area contributed by atoms with Crippen LogP contribution in [0.2, 0.25) is 0 Å². The third kappa shape index (κ3) is 9.72. The number of nitrogens with zero attached hydrogens (tertiary/aromatic N) is 1. The fraction of sp³-hybridized carbons (Fsp3) is 0.455. The smallest absolute Gasteiger partial charge is 0.465 e. The van der Waals surface area contributed by atoms with E-state index in [4.69, 9.17) is 9.47 Å². The molecule has 0 aromatic heterocycles. The minimum atomic E-state index is -4.83. The topological polar surface area (TPSA) is 30.9 Å². The van der Waals surface area contributed by atoms with Crippen LogP contribution in [0.3, 0.4) is 0 Å². The lowest BCUT2D eigenvalue weighted by Gasteiger charge is -2.23. The van der Waals surface area contributed by atoms with Crippen LogP contribution in [0.1, 0.15) is 24.0 Å². The highest BCUT2D eigenvalue weighted by atomic mass is 19.4.